The highest BCUT2D eigenvalue weighted by molar-refractivity contribution is 6.65. The average molecular weight is 848 g/mol. The van der Waals surface area contributed by atoms with Gasteiger partial charge in [0, 0.05) is 28.3 Å². The summed E-state index contributed by atoms with van der Waals surface area (Å²) in [5, 5.41) is 4.63. The van der Waals surface area contributed by atoms with Gasteiger partial charge in [-0.1, -0.05) is 152 Å². The smallest absolute Gasteiger partial charge is 0.456 e. The largest absolute Gasteiger partial charge is 0.495 e. The lowest BCUT2D eigenvalue weighted by molar-refractivity contribution is -0.00876. The summed E-state index contributed by atoms with van der Waals surface area (Å²) in [7, 11) is -0.579. The van der Waals surface area contributed by atoms with Crippen LogP contribution >= 0.6 is 11.6 Å². The van der Waals surface area contributed by atoms with Crippen LogP contribution in [0.3, 0.4) is 0 Å². The van der Waals surface area contributed by atoms with Crippen molar-refractivity contribution in [1.82, 2.24) is 15.0 Å². The van der Waals surface area contributed by atoms with E-state index in [0.717, 1.165) is 49.5 Å². The van der Waals surface area contributed by atoms with E-state index >= 15 is 0 Å². The van der Waals surface area contributed by atoms with E-state index in [1.807, 2.05) is 48.5 Å². The number of rotatable bonds is 5. The summed E-state index contributed by atoms with van der Waals surface area (Å²) >= 11 is 6.53. The van der Waals surface area contributed by atoms with Gasteiger partial charge in [-0.15, -0.1) is 0 Å². The molecule has 0 bridgehead atoms. The van der Waals surface area contributed by atoms with Crippen LogP contribution in [0.15, 0.2) is 174 Å². The summed E-state index contributed by atoms with van der Waals surface area (Å²) in [6.07, 6.45) is 0.628. The van der Waals surface area contributed by atoms with E-state index < -0.39 is 23.7 Å². The number of hydrogen-bond donors (Lipinski definition) is 0. The van der Waals surface area contributed by atoms with Crippen molar-refractivity contribution in [2.45, 2.75) is 43.8 Å². The Bertz CT molecular complexity index is 3540. The molecule has 8 aromatic carbocycles. The zero-order valence-electron chi connectivity index (χ0n) is 35.4. The van der Waals surface area contributed by atoms with E-state index in [1.165, 1.54) is 49.9 Å². The molecule has 2 aliphatic carbocycles. The summed E-state index contributed by atoms with van der Waals surface area (Å²) in [5.41, 5.74) is 13.9. The number of hydrogen-bond acceptors (Lipinski definition) is 6. The lowest BCUT2D eigenvalue weighted by Crippen LogP contribution is -2.46. The zero-order valence-corrected chi connectivity index (χ0v) is 36.2. The quantitative estimate of drug-likeness (QED) is 0.161. The number of halogens is 1. The first-order valence-electron chi connectivity index (χ1n) is 21.8. The van der Waals surface area contributed by atoms with E-state index in [0.29, 0.717) is 18.1 Å². The topological polar surface area (TPSA) is 70.3 Å². The van der Waals surface area contributed by atoms with Crippen LogP contribution < -0.4 is 5.46 Å². The molecule has 1 unspecified atom stereocenters. The summed E-state index contributed by atoms with van der Waals surface area (Å²) < 4.78 is 20.3. The Balaban J connectivity index is 0.837. The van der Waals surface area contributed by atoms with Gasteiger partial charge in [-0.3, -0.25) is 0 Å². The number of nitrogens with zero attached hydrogens (tertiary/aromatic N) is 3. The molecule has 13 rings (SSSR count). The van der Waals surface area contributed by atoms with Gasteiger partial charge in [-0.25, -0.2) is 4.98 Å². The number of fused-ring (bicyclic) bond motifs is 12. The standard InChI is InChI=1S/C56H39BClN3O3/c1-54(2)55(3,32-33-23-25-34(26-24-33)51-59-52(61-53(58)60-51)35-27-28-40-39-16-7-11-22-48(39)62-49(40)31-35)64-57(63-54)47-30-29-41-38-15-6-10-20-45(38)56(46-21-12-17-42(47)50(41)46)43-18-8-4-13-36(43)37-14-5-9-19-44(37)56/h4-31H,32H2,1-3H3. The van der Waals surface area contributed by atoms with Crippen LogP contribution in [0.1, 0.15) is 48.6 Å². The number of benzene rings is 8. The second-order valence-corrected chi connectivity index (χ2v) is 18.4. The molecule has 0 saturated carbocycles. The summed E-state index contributed by atoms with van der Waals surface area (Å²) in [5.74, 6) is 0.976. The molecule has 1 atom stereocenters. The molecule has 6 nitrogen and oxygen atoms in total. The highest BCUT2D eigenvalue weighted by atomic mass is 35.5. The third-order valence-electron chi connectivity index (χ3n) is 14.3. The Morgan fingerprint density at radius 2 is 1.08 bits per heavy atom. The SMILES string of the molecule is CC1(C)OB(c2ccc3c4c(cccc24)C2(c4ccccc4-c4ccccc42)c2ccccc2-3)OC1(C)Cc1ccc(-c2nc(Cl)nc(-c3ccc4c(c3)oc3ccccc34)n2)cc1. The minimum absolute atomic E-state index is 0.126. The molecule has 10 aromatic rings. The zero-order chi connectivity index (χ0) is 43.0. The van der Waals surface area contributed by atoms with Crippen molar-refractivity contribution in [2.24, 2.45) is 0 Å². The minimum atomic E-state index is -0.658. The maximum absolute atomic E-state index is 7.16. The second kappa shape index (κ2) is 13.6. The fourth-order valence-electron chi connectivity index (χ4n) is 11.0. The van der Waals surface area contributed by atoms with Gasteiger partial charge in [0.2, 0.25) is 5.28 Å². The van der Waals surface area contributed by atoms with Gasteiger partial charge in [-0.2, -0.15) is 9.97 Å². The van der Waals surface area contributed by atoms with E-state index in [2.05, 4.69) is 152 Å². The van der Waals surface area contributed by atoms with Crippen LogP contribution in [-0.2, 0) is 21.1 Å². The summed E-state index contributed by atoms with van der Waals surface area (Å²) in [6.45, 7) is 6.45. The lowest BCUT2D eigenvalue weighted by Gasteiger charge is -2.40. The Hall–Kier alpha value is -6.90. The molecule has 0 amide bonds. The fourth-order valence-corrected chi connectivity index (χ4v) is 11.1. The van der Waals surface area contributed by atoms with E-state index in [1.54, 1.807) is 0 Å². The molecule has 8 heteroatoms. The fraction of sp³-hybridized carbons (Fsp3) is 0.125. The van der Waals surface area contributed by atoms with Crippen molar-refractivity contribution in [3.63, 3.8) is 0 Å². The molecule has 3 aliphatic rings. The van der Waals surface area contributed by atoms with Crippen molar-refractivity contribution in [3.05, 3.63) is 203 Å². The van der Waals surface area contributed by atoms with Crippen LogP contribution in [0, 0.1) is 0 Å². The molecule has 0 radical (unpaired) electrons. The van der Waals surface area contributed by atoms with Crippen LogP contribution in [0.2, 0.25) is 5.28 Å². The molecule has 0 N–H and O–H groups in total. The van der Waals surface area contributed by atoms with Crippen molar-refractivity contribution < 1.29 is 13.7 Å². The molecule has 306 valence electrons. The highest BCUT2D eigenvalue weighted by Gasteiger charge is 2.56. The Morgan fingerprint density at radius 1 is 0.500 bits per heavy atom. The van der Waals surface area contributed by atoms with Crippen molar-refractivity contribution in [2.75, 3.05) is 0 Å². The number of para-hydroxylation sites is 1. The maximum Gasteiger partial charge on any atom is 0.495 e. The maximum atomic E-state index is 7.16. The van der Waals surface area contributed by atoms with Crippen LogP contribution in [0.5, 0.6) is 0 Å². The molecular weight excluding hydrogens is 809 g/mol. The van der Waals surface area contributed by atoms with Crippen molar-refractivity contribution in [3.8, 4) is 45.0 Å². The first kappa shape index (κ1) is 37.6. The molecule has 1 fully saturated rings. The summed E-state index contributed by atoms with van der Waals surface area (Å²) in [6, 6.07) is 60.5. The minimum Gasteiger partial charge on any atom is -0.456 e. The van der Waals surface area contributed by atoms with E-state index in [4.69, 9.17) is 30.3 Å². The third kappa shape index (κ3) is 5.26. The molecule has 3 heterocycles. The predicted molar refractivity (Wildman–Crippen MR) is 257 cm³/mol. The van der Waals surface area contributed by atoms with E-state index in [9.17, 15) is 0 Å². The van der Waals surface area contributed by atoms with Crippen LogP contribution in [-0.4, -0.2) is 33.3 Å². The second-order valence-electron chi connectivity index (χ2n) is 18.1. The van der Waals surface area contributed by atoms with Gasteiger partial charge in [0.15, 0.2) is 11.6 Å². The van der Waals surface area contributed by atoms with Gasteiger partial charge >= 0.3 is 7.12 Å². The molecule has 1 saturated heterocycles. The van der Waals surface area contributed by atoms with E-state index in [-0.39, 0.29) is 5.28 Å². The Morgan fingerprint density at radius 3 is 1.80 bits per heavy atom. The number of aromatic nitrogens is 3. The normalized spacial score (nSPS) is 17.6. The molecule has 1 spiro atoms. The Labute approximate surface area is 375 Å². The van der Waals surface area contributed by atoms with Crippen molar-refractivity contribution in [1.29, 1.82) is 0 Å². The first-order chi connectivity index (χ1) is 31.2. The number of furan rings is 1. The molecule has 2 aromatic heterocycles. The summed E-state index contributed by atoms with van der Waals surface area (Å²) in [4.78, 5) is 13.9. The monoisotopic (exact) mass is 847 g/mol. The Kier molecular flexibility index (Phi) is 7.97. The third-order valence-corrected chi connectivity index (χ3v) is 14.5. The van der Waals surface area contributed by atoms with Crippen molar-refractivity contribution >= 4 is 56.9 Å². The highest BCUT2D eigenvalue weighted by Crippen LogP contribution is 2.61. The van der Waals surface area contributed by atoms with Gasteiger partial charge < -0.3 is 13.7 Å². The van der Waals surface area contributed by atoms with Crippen LogP contribution in [0.4, 0.5) is 0 Å². The molecule has 64 heavy (non-hydrogen) atoms. The van der Waals surface area contributed by atoms with Gasteiger partial charge in [-0.05, 0) is 117 Å². The van der Waals surface area contributed by atoms with Gasteiger partial charge in [0.1, 0.15) is 11.2 Å². The molecular formula is C56H39BClN3O3. The van der Waals surface area contributed by atoms with Crippen LogP contribution in [0.25, 0.3) is 77.7 Å². The lowest BCUT2D eigenvalue weighted by atomic mass is 9.60. The van der Waals surface area contributed by atoms with Gasteiger partial charge in [0.05, 0.1) is 16.6 Å². The predicted octanol–water partition coefficient (Wildman–Crippen LogP) is 12.8. The van der Waals surface area contributed by atoms with Gasteiger partial charge in [0.25, 0.3) is 0 Å². The molecule has 1 aliphatic heterocycles. The average Bonchev–Trinajstić information content (AvgIpc) is 3.92. The first-order valence-corrected chi connectivity index (χ1v) is 22.2.